The highest BCUT2D eigenvalue weighted by Gasteiger charge is 2.56. The van der Waals surface area contributed by atoms with Crippen LogP contribution in [-0.4, -0.2) is 47.7 Å². The predicted molar refractivity (Wildman–Crippen MR) is 84.6 cm³/mol. The molecule has 1 heterocycles. The number of hydrogen-bond acceptors (Lipinski definition) is 4. The second-order valence-corrected chi connectivity index (χ2v) is 6.02. The molecule has 1 aliphatic rings. The van der Waals surface area contributed by atoms with Gasteiger partial charge in [0.25, 0.3) is 5.91 Å². The van der Waals surface area contributed by atoms with Crippen LogP contribution in [0, 0.1) is 5.41 Å². The van der Waals surface area contributed by atoms with Crippen LogP contribution >= 0.6 is 0 Å². The van der Waals surface area contributed by atoms with Crippen LogP contribution in [0.1, 0.15) is 61.1 Å². The maximum atomic E-state index is 12.6. The standard InChI is InChI=1S/C17H25NO5/c1-5-17(6-2)13(10-14(17)22-7-3)18(4)15(19)11-8-9-12(23-11)16(20)21/h8-9,13-14H,5-7,10H2,1-4H3,(H,20,21). The maximum absolute atomic E-state index is 12.6. The second-order valence-electron chi connectivity index (χ2n) is 6.02. The molecule has 2 unspecified atom stereocenters. The zero-order valence-electron chi connectivity index (χ0n) is 14.2. The van der Waals surface area contributed by atoms with E-state index in [4.69, 9.17) is 14.3 Å². The van der Waals surface area contributed by atoms with Crippen molar-refractivity contribution in [3.05, 3.63) is 23.7 Å². The quantitative estimate of drug-likeness (QED) is 0.834. The molecule has 2 rings (SSSR count). The molecule has 0 spiro atoms. The molecule has 1 N–H and O–H groups in total. The van der Waals surface area contributed by atoms with Gasteiger partial charge in [0.15, 0.2) is 5.76 Å². The molecule has 6 heteroatoms. The van der Waals surface area contributed by atoms with E-state index < -0.39 is 5.97 Å². The molecule has 0 aromatic carbocycles. The first-order chi connectivity index (χ1) is 10.9. The Balaban J connectivity index is 2.17. The molecule has 6 nitrogen and oxygen atoms in total. The molecule has 128 valence electrons. The molecular weight excluding hydrogens is 298 g/mol. The van der Waals surface area contributed by atoms with E-state index in [2.05, 4.69) is 13.8 Å². The zero-order valence-corrected chi connectivity index (χ0v) is 14.2. The van der Waals surface area contributed by atoms with Crippen molar-refractivity contribution in [2.45, 2.75) is 52.2 Å². The molecular formula is C17H25NO5. The van der Waals surface area contributed by atoms with Crippen molar-refractivity contribution in [1.82, 2.24) is 4.90 Å². The molecule has 1 aromatic heterocycles. The highest BCUT2D eigenvalue weighted by Crippen LogP contribution is 2.51. The van der Waals surface area contributed by atoms with Crippen LogP contribution in [0.25, 0.3) is 0 Å². The number of carbonyl (C=O) groups excluding carboxylic acids is 1. The summed E-state index contributed by atoms with van der Waals surface area (Å²) in [6.45, 7) is 6.89. The predicted octanol–water partition coefficient (Wildman–Crippen LogP) is 3.03. The molecule has 2 atom stereocenters. The van der Waals surface area contributed by atoms with Crippen LogP contribution in [-0.2, 0) is 4.74 Å². The van der Waals surface area contributed by atoms with Crippen molar-refractivity contribution in [3.8, 4) is 0 Å². The summed E-state index contributed by atoms with van der Waals surface area (Å²) in [6, 6.07) is 2.79. The lowest BCUT2D eigenvalue weighted by atomic mass is 9.58. The fourth-order valence-electron chi connectivity index (χ4n) is 3.76. The van der Waals surface area contributed by atoms with Crippen molar-refractivity contribution < 1.29 is 23.8 Å². The summed E-state index contributed by atoms with van der Waals surface area (Å²) in [6.07, 6.45) is 2.81. The molecule has 0 aliphatic heterocycles. The fraction of sp³-hybridized carbons (Fsp3) is 0.647. The van der Waals surface area contributed by atoms with Crippen LogP contribution in [0.2, 0.25) is 0 Å². The van der Waals surface area contributed by atoms with Gasteiger partial charge in [-0.15, -0.1) is 0 Å². The monoisotopic (exact) mass is 323 g/mol. The average molecular weight is 323 g/mol. The van der Waals surface area contributed by atoms with Gasteiger partial charge in [0, 0.05) is 25.1 Å². The normalized spacial score (nSPS) is 22.4. The molecule has 0 saturated heterocycles. The van der Waals surface area contributed by atoms with Gasteiger partial charge in [-0.3, -0.25) is 4.79 Å². The molecule has 23 heavy (non-hydrogen) atoms. The van der Waals surface area contributed by atoms with Gasteiger partial charge in [-0.25, -0.2) is 4.79 Å². The SMILES string of the molecule is CCOC1CC(N(C)C(=O)c2ccc(C(=O)O)o2)C1(CC)CC. The van der Waals surface area contributed by atoms with Gasteiger partial charge in [0.2, 0.25) is 5.76 Å². The van der Waals surface area contributed by atoms with Gasteiger partial charge in [-0.05, 0) is 38.3 Å². The first kappa shape index (κ1) is 17.5. The van der Waals surface area contributed by atoms with E-state index in [1.807, 2.05) is 6.92 Å². The van der Waals surface area contributed by atoms with E-state index in [0.717, 1.165) is 19.3 Å². The van der Waals surface area contributed by atoms with Crippen LogP contribution in [0.3, 0.4) is 0 Å². The third-order valence-corrected chi connectivity index (χ3v) is 5.24. The van der Waals surface area contributed by atoms with Gasteiger partial charge in [0.1, 0.15) is 0 Å². The Morgan fingerprint density at radius 1 is 1.30 bits per heavy atom. The minimum atomic E-state index is -1.18. The molecule has 1 saturated carbocycles. The molecule has 1 aromatic rings. The fourth-order valence-corrected chi connectivity index (χ4v) is 3.76. The van der Waals surface area contributed by atoms with Crippen LogP contribution in [0.5, 0.6) is 0 Å². The number of carboxylic acids is 1. The van der Waals surface area contributed by atoms with Crippen LogP contribution in [0.15, 0.2) is 16.5 Å². The Labute approximate surface area is 136 Å². The number of nitrogens with zero attached hydrogens (tertiary/aromatic N) is 1. The van der Waals surface area contributed by atoms with Gasteiger partial charge in [0.05, 0.1) is 6.10 Å². The lowest BCUT2D eigenvalue weighted by Gasteiger charge is -2.58. The summed E-state index contributed by atoms with van der Waals surface area (Å²) in [5.74, 6) is -1.63. The lowest BCUT2D eigenvalue weighted by molar-refractivity contribution is -0.159. The third-order valence-electron chi connectivity index (χ3n) is 5.24. The number of rotatable bonds is 7. The first-order valence-electron chi connectivity index (χ1n) is 8.13. The summed E-state index contributed by atoms with van der Waals surface area (Å²) in [4.78, 5) is 25.2. The Hall–Kier alpha value is -1.82. The van der Waals surface area contributed by atoms with Crippen molar-refractivity contribution in [3.63, 3.8) is 0 Å². The smallest absolute Gasteiger partial charge is 0.371 e. The van der Waals surface area contributed by atoms with E-state index in [0.29, 0.717) is 6.61 Å². The number of aromatic carboxylic acids is 1. The van der Waals surface area contributed by atoms with Crippen molar-refractivity contribution in [1.29, 1.82) is 0 Å². The number of carboxylic acid groups (broad SMARTS) is 1. The minimum absolute atomic E-state index is 0.0529. The number of carbonyl (C=O) groups is 2. The summed E-state index contributed by atoms with van der Waals surface area (Å²) in [7, 11) is 1.75. The Kier molecular flexibility index (Phi) is 5.14. The van der Waals surface area contributed by atoms with Gasteiger partial charge < -0.3 is 19.2 Å². The van der Waals surface area contributed by atoms with E-state index >= 15 is 0 Å². The minimum Gasteiger partial charge on any atom is -0.475 e. The summed E-state index contributed by atoms with van der Waals surface area (Å²) in [5.41, 5.74) is -0.0529. The van der Waals surface area contributed by atoms with E-state index in [9.17, 15) is 9.59 Å². The number of furan rings is 1. The van der Waals surface area contributed by atoms with Crippen LogP contribution < -0.4 is 0 Å². The molecule has 0 bridgehead atoms. The Bertz CT molecular complexity index is 575. The van der Waals surface area contributed by atoms with Crippen molar-refractivity contribution >= 4 is 11.9 Å². The van der Waals surface area contributed by atoms with Crippen molar-refractivity contribution in [2.75, 3.05) is 13.7 Å². The zero-order chi connectivity index (χ0) is 17.2. The Morgan fingerprint density at radius 2 is 1.91 bits per heavy atom. The maximum Gasteiger partial charge on any atom is 0.371 e. The Morgan fingerprint density at radius 3 is 2.39 bits per heavy atom. The van der Waals surface area contributed by atoms with E-state index in [1.165, 1.54) is 12.1 Å². The molecule has 1 aliphatic carbocycles. The lowest BCUT2D eigenvalue weighted by Crippen LogP contribution is -2.64. The third kappa shape index (κ3) is 2.87. The number of ether oxygens (including phenoxy) is 1. The highest BCUT2D eigenvalue weighted by molar-refractivity contribution is 5.93. The summed E-state index contributed by atoms with van der Waals surface area (Å²) in [5, 5.41) is 8.90. The largest absolute Gasteiger partial charge is 0.475 e. The number of hydrogen-bond donors (Lipinski definition) is 1. The van der Waals surface area contributed by atoms with Gasteiger partial charge >= 0.3 is 5.97 Å². The van der Waals surface area contributed by atoms with Gasteiger partial charge in [-0.1, -0.05) is 13.8 Å². The van der Waals surface area contributed by atoms with Crippen LogP contribution in [0.4, 0.5) is 0 Å². The number of amides is 1. The summed E-state index contributed by atoms with van der Waals surface area (Å²) < 4.78 is 11.0. The molecule has 1 amide bonds. The average Bonchev–Trinajstić information content (AvgIpc) is 3.01. The van der Waals surface area contributed by atoms with E-state index in [-0.39, 0.29) is 35.0 Å². The molecule has 0 radical (unpaired) electrons. The van der Waals surface area contributed by atoms with E-state index in [1.54, 1.807) is 11.9 Å². The summed E-state index contributed by atoms with van der Waals surface area (Å²) >= 11 is 0. The molecule has 1 fully saturated rings. The second kappa shape index (κ2) is 6.74. The first-order valence-corrected chi connectivity index (χ1v) is 8.13. The topological polar surface area (TPSA) is 80.0 Å². The van der Waals surface area contributed by atoms with Gasteiger partial charge in [-0.2, -0.15) is 0 Å². The van der Waals surface area contributed by atoms with Crippen molar-refractivity contribution in [2.24, 2.45) is 5.41 Å². The highest BCUT2D eigenvalue weighted by atomic mass is 16.5.